The van der Waals surface area contributed by atoms with E-state index in [0.717, 1.165) is 12.2 Å². The number of ether oxygens (including phenoxy) is 1. The number of amides is 2. The van der Waals surface area contributed by atoms with Gasteiger partial charge in [-0.1, -0.05) is 31.1 Å². The standard InChI is InChI=1S/C23H28N6O4/c1-15(2)12-16-13-18(27-33-16)23(31)28-9-8-20-25-26-21(29(20)11-10-28)14-24-22(30)17-6-4-5-7-19(17)32-3/h4-7,13,15H,8-12,14H2,1-3H3,(H,24,30). The van der Waals surface area contributed by atoms with Gasteiger partial charge in [0.15, 0.2) is 11.5 Å². The molecule has 1 N–H and O–H groups in total. The summed E-state index contributed by atoms with van der Waals surface area (Å²) in [4.78, 5) is 27.3. The van der Waals surface area contributed by atoms with E-state index in [9.17, 15) is 9.59 Å². The Kier molecular flexibility index (Phi) is 6.71. The van der Waals surface area contributed by atoms with Crippen LogP contribution in [0.25, 0.3) is 0 Å². The molecule has 0 unspecified atom stereocenters. The summed E-state index contributed by atoms with van der Waals surface area (Å²) in [7, 11) is 1.53. The lowest BCUT2D eigenvalue weighted by atomic mass is 10.1. The highest BCUT2D eigenvalue weighted by Gasteiger charge is 2.25. The molecule has 10 nitrogen and oxygen atoms in total. The summed E-state index contributed by atoms with van der Waals surface area (Å²) in [5.41, 5.74) is 0.782. The van der Waals surface area contributed by atoms with Gasteiger partial charge in [0.2, 0.25) is 0 Å². The first-order valence-electron chi connectivity index (χ1n) is 11.0. The maximum absolute atomic E-state index is 12.9. The molecule has 3 aromatic rings. The van der Waals surface area contributed by atoms with E-state index in [1.165, 1.54) is 7.11 Å². The number of aromatic nitrogens is 4. The van der Waals surface area contributed by atoms with Gasteiger partial charge in [-0.2, -0.15) is 0 Å². The van der Waals surface area contributed by atoms with Gasteiger partial charge in [0.25, 0.3) is 11.8 Å². The normalized spacial score (nSPS) is 13.5. The SMILES string of the molecule is COc1ccccc1C(=O)NCc1nnc2n1CCN(C(=O)c1cc(CC(C)C)on1)CC2. The Bertz CT molecular complexity index is 1140. The highest BCUT2D eigenvalue weighted by molar-refractivity contribution is 5.96. The van der Waals surface area contributed by atoms with Gasteiger partial charge in [-0.05, 0) is 18.1 Å². The van der Waals surface area contributed by atoms with Crippen molar-refractivity contribution < 1.29 is 18.8 Å². The Morgan fingerprint density at radius 2 is 2.00 bits per heavy atom. The second-order valence-electron chi connectivity index (χ2n) is 8.39. The van der Waals surface area contributed by atoms with Crippen LogP contribution in [0.4, 0.5) is 0 Å². The molecule has 2 aromatic heterocycles. The molecule has 0 fully saturated rings. The summed E-state index contributed by atoms with van der Waals surface area (Å²) >= 11 is 0. The van der Waals surface area contributed by atoms with E-state index in [1.54, 1.807) is 29.2 Å². The van der Waals surface area contributed by atoms with Crippen molar-refractivity contribution in [1.82, 2.24) is 30.1 Å². The molecule has 1 aromatic carbocycles. The zero-order valence-corrected chi connectivity index (χ0v) is 19.1. The summed E-state index contributed by atoms with van der Waals surface area (Å²) in [6.45, 7) is 5.93. The Balaban J connectivity index is 1.39. The zero-order valence-electron chi connectivity index (χ0n) is 19.1. The number of methoxy groups -OCH3 is 1. The number of carbonyl (C=O) groups excluding carboxylic acids is 2. The van der Waals surface area contributed by atoms with Crippen LogP contribution >= 0.6 is 0 Å². The van der Waals surface area contributed by atoms with Crippen LogP contribution < -0.4 is 10.1 Å². The van der Waals surface area contributed by atoms with Crippen LogP contribution in [0.2, 0.25) is 0 Å². The first-order valence-corrected chi connectivity index (χ1v) is 11.0. The summed E-state index contributed by atoms with van der Waals surface area (Å²) in [5.74, 6) is 2.67. The fraction of sp³-hybridized carbons (Fsp3) is 0.435. The van der Waals surface area contributed by atoms with Crippen molar-refractivity contribution in [1.29, 1.82) is 0 Å². The average Bonchev–Trinajstić information content (AvgIpc) is 3.37. The minimum Gasteiger partial charge on any atom is -0.496 e. The summed E-state index contributed by atoms with van der Waals surface area (Å²) in [6, 6.07) is 8.77. The molecule has 0 atom stereocenters. The molecule has 0 bridgehead atoms. The van der Waals surface area contributed by atoms with Crippen molar-refractivity contribution in [2.75, 3.05) is 20.2 Å². The lowest BCUT2D eigenvalue weighted by Gasteiger charge is -2.18. The quantitative estimate of drug-likeness (QED) is 0.584. The molecule has 3 heterocycles. The molecule has 0 spiro atoms. The highest BCUT2D eigenvalue weighted by Crippen LogP contribution is 2.18. The van der Waals surface area contributed by atoms with Crippen LogP contribution in [0.3, 0.4) is 0 Å². The number of para-hydroxylation sites is 1. The van der Waals surface area contributed by atoms with Crippen LogP contribution in [0, 0.1) is 5.92 Å². The number of benzene rings is 1. The summed E-state index contributed by atoms with van der Waals surface area (Å²) < 4.78 is 12.5. The molecular weight excluding hydrogens is 424 g/mol. The predicted octanol–water partition coefficient (Wildman–Crippen LogP) is 2.10. The van der Waals surface area contributed by atoms with Crippen molar-refractivity contribution in [3.8, 4) is 5.75 Å². The Morgan fingerprint density at radius 1 is 1.18 bits per heavy atom. The van der Waals surface area contributed by atoms with E-state index < -0.39 is 0 Å². The molecule has 2 amide bonds. The molecule has 33 heavy (non-hydrogen) atoms. The van der Waals surface area contributed by atoms with E-state index >= 15 is 0 Å². The van der Waals surface area contributed by atoms with Crippen molar-refractivity contribution in [3.63, 3.8) is 0 Å². The predicted molar refractivity (Wildman–Crippen MR) is 119 cm³/mol. The van der Waals surface area contributed by atoms with Crippen molar-refractivity contribution in [2.45, 2.75) is 39.8 Å². The van der Waals surface area contributed by atoms with Gasteiger partial charge >= 0.3 is 0 Å². The number of hydrogen-bond acceptors (Lipinski definition) is 7. The topological polar surface area (TPSA) is 115 Å². The van der Waals surface area contributed by atoms with Crippen LogP contribution in [0.5, 0.6) is 5.75 Å². The van der Waals surface area contributed by atoms with E-state index in [0.29, 0.717) is 60.6 Å². The summed E-state index contributed by atoms with van der Waals surface area (Å²) in [6.07, 6.45) is 1.31. The van der Waals surface area contributed by atoms with Gasteiger partial charge in [-0.3, -0.25) is 9.59 Å². The fourth-order valence-corrected chi connectivity index (χ4v) is 3.88. The lowest BCUT2D eigenvalue weighted by Crippen LogP contribution is -2.34. The molecule has 1 aliphatic rings. The molecule has 1 aliphatic heterocycles. The molecule has 10 heteroatoms. The van der Waals surface area contributed by atoms with E-state index in [4.69, 9.17) is 9.26 Å². The van der Waals surface area contributed by atoms with Gasteiger partial charge in [0.1, 0.15) is 17.3 Å². The molecule has 0 aliphatic carbocycles. The number of carbonyl (C=O) groups is 2. The van der Waals surface area contributed by atoms with Crippen LogP contribution in [0.1, 0.15) is 52.1 Å². The highest BCUT2D eigenvalue weighted by atomic mass is 16.5. The maximum atomic E-state index is 12.9. The van der Waals surface area contributed by atoms with Crippen LogP contribution in [-0.2, 0) is 25.9 Å². The smallest absolute Gasteiger partial charge is 0.276 e. The second kappa shape index (κ2) is 9.85. The first-order chi connectivity index (χ1) is 16.0. The maximum Gasteiger partial charge on any atom is 0.276 e. The van der Waals surface area contributed by atoms with E-state index in [2.05, 4.69) is 34.5 Å². The van der Waals surface area contributed by atoms with Crippen molar-refractivity contribution >= 4 is 11.8 Å². The number of nitrogens with zero attached hydrogens (tertiary/aromatic N) is 5. The number of fused-ring (bicyclic) bond motifs is 1. The molecule has 174 valence electrons. The molecular formula is C23H28N6O4. The Labute approximate surface area is 191 Å². The van der Waals surface area contributed by atoms with Crippen LogP contribution in [0.15, 0.2) is 34.9 Å². The van der Waals surface area contributed by atoms with E-state index in [1.807, 2.05) is 10.6 Å². The third-order valence-corrected chi connectivity index (χ3v) is 5.54. The van der Waals surface area contributed by atoms with E-state index in [-0.39, 0.29) is 18.4 Å². The van der Waals surface area contributed by atoms with Gasteiger partial charge in [-0.15, -0.1) is 10.2 Å². The molecule has 0 saturated carbocycles. The number of nitrogens with one attached hydrogen (secondary N) is 1. The second-order valence-corrected chi connectivity index (χ2v) is 8.39. The average molecular weight is 453 g/mol. The van der Waals surface area contributed by atoms with Crippen LogP contribution in [-0.4, -0.2) is 56.8 Å². The van der Waals surface area contributed by atoms with Gasteiger partial charge in [0.05, 0.1) is 19.2 Å². The number of hydrogen-bond donors (Lipinski definition) is 1. The number of rotatable bonds is 7. The van der Waals surface area contributed by atoms with Gasteiger partial charge in [0, 0.05) is 38.5 Å². The molecule has 0 radical (unpaired) electrons. The monoisotopic (exact) mass is 452 g/mol. The third-order valence-electron chi connectivity index (χ3n) is 5.54. The first kappa shape index (κ1) is 22.5. The Hall–Kier alpha value is -3.69. The zero-order chi connectivity index (χ0) is 23.4. The minimum atomic E-state index is -0.251. The van der Waals surface area contributed by atoms with Gasteiger partial charge < -0.3 is 24.0 Å². The third kappa shape index (κ3) is 5.05. The fourth-order valence-electron chi connectivity index (χ4n) is 3.88. The molecule has 0 saturated heterocycles. The van der Waals surface area contributed by atoms with Gasteiger partial charge in [-0.25, -0.2) is 0 Å². The summed E-state index contributed by atoms with van der Waals surface area (Å²) in [5, 5.41) is 15.4. The minimum absolute atomic E-state index is 0.154. The molecule has 4 rings (SSSR count). The van der Waals surface area contributed by atoms with Crippen molar-refractivity contribution in [2.24, 2.45) is 5.92 Å². The largest absolute Gasteiger partial charge is 0.496 e. The van der Waals surface area contributed by atoms with Crippen molar-refractivity contribution in [3.05, 3.63) is 59.0 Å². The lowest BCUT2D eigenvalue weighted by molar-refractivity contribution is 0.0748. The Morgan fingerprint density at radius 3 is 2.79 bits per heavy atom.